The zero-order chi connectivity index (χ0) is 25.2. The van der Waals surface area contributed by atoms with Crippen LogP contribution >= 0.6 is 11.6 Å². The van der Waals surface area contributed by atoms with Crippen molar-refractivity contribution in [1.29, 1.82) is 0 Å². The van der Waals surface area contributed by atoms with Crippen molar-refractivity contribution in [2.45, 2.75) is 31.6 Å². The number of hydrogen-bond acceptors (Lipinski definition) is 7. The van der Waals surface area contributed by atoms with Gasteiger partial charge in [0.15, 0.2) is 5.78 Å². The average Bonchev–Trinajstić information content (AvgIpc) is 3.41. The van der Waals surface area contributed by atoms with Crippen LogP contribution in [0.2, 0.25) is 5.02 Å². The van der Waals surface area contributed by atoms with Crippen molar-refractivity contribution in [3.8, 4) is 0 Å². The molecule has 0 radical (unpaired) electrons. The number of carbonyl (C=O) groups is 1. The first-order valence-corrected chi connectivity index (χ1v) is 12.5. The van der Waals surface area contributed by atoms with Gasteiger partial charge in [-0.3, -0.25) is 8.98 Å². The molecule has 2 heterocycles. The third-order valence-electron chi connectivity index (χ3n) is 5.69. The summed E-state index contributed by atoms with van der Waals surface area (Å²) in [5.74, 6) is -1.07. The average molecular weight is 526 g/mol. The fourth-order valence-electron chi connectivity index (χ4n) is 4.03. The molecule has 2 aromatic heterocycles. The highest BCUT2D eigenvalue weighted by Crippen LogP contribution is 2.32. The van der Waals surface area contributed by atoms with Gasteiger partial charge in [0.2, 0.25) is 0 Å². The van der Waals surface area contributed by atoms with E-state index in [2.05, 4.69) is 19.5 Å². The number of ketones is 1. The zero-order valence-corrected chi connectivity index (χ0v) is 19.8. The maximum Gasteiger partial charge on any atom is 0.333 e. The second-order valence-electron chi connectivity index (χ2n) is 8.32. The molecular formula is C22H22ClF2N5O4S. The number of nitrogens with two attached hydrogens (primary N) is 1. The number of halogens is 3. The Kier molecular flexibility index (Phi) is 7.45. The molecular weight excluding hydrogens is 504 g/mol. The quantitative estimate of drug-likeness (QED) is 0.411. The third-order valence-corrected chi connectivity index (χ3v) is 6.45. The molecule has 0 saturated heterocycles. The molecule has 0 amide bonds. The fraction of sp³-hybridized carbons (Fsp3) is 0.318. The van der Waals surface area contributed by atoms with Gasteiger partial charge in [-0.05, 0) is 42.5 Å². The summed E-state index contributed by atoms with van der Waals surface area (Å²) in [6.45, 7) is 0.150. The molecule has 3 aromatic rings. The largest absolute Gasteiger partial charge is 0.364 e. The van der Waals surface area contributed by atoms with Crippen molar-refractivity contribution >= 4 is 33.5 Å². The van der Waals surface area contributed by atoms with Crippen molar-refractivity contribution in [3.05, 3.63) is 76.7 Å². The molecule has 0 bridgehead atoms. The summed E-state index contributed by atoms with van der Waals surface area (Å²) >= 11 is 5.83. The lowest BCUT2D eigenvalue weighted by atomic mass is 10.1. The Balaban J connectivity index is 1.45. The Morgan fingerprint density at radius 3 is 2.86 bits per heavy atom. The molecule has 13 heteroatoms. The summed E-state index contributed by atoms with van der Waals surface area (Å²) < 4.78 is 56.3. The summed E-state index contributed by atoms with van der Waals surface area (Å²) in [6, 6.07) is 5.32. The first kappa shape index (κ1) is 25.2. The van der Waals surface area contributed by atoms with Crippen molar-refractivity contribution < 1.29 is 26.2 Å². The van der Waals surface area contributed by atoms with Gasteiger partial charge in [-0.2, -0.15) is 8.42 Å². The molecule has 35 heavy (non-hydrogen) atoms. The highest BCUT2D eigenvalue weighted by atomic mass is 35.5. The Morgan fingerprint density at radius 1 is 1.31 bits per heavy atom. The Morgan fingerprint density at radius 2 is 2.11 bits per heavy atom. The van der Waals surface area contributed by atoms with E-state index in [0.717, 1.165) is 5.56 Å². The van der Waals surface area contributed by atoms with E-state index in [9.17, 15) is 22.0 Å². The second-order valence-corrected chi connectivity index (χ2v) is 9.95. The molecule has 9 nitrogen and oxygen atoms in total. The normalized spacial score (nSPS) is 20.2. The van der Waals surface area contributed by atoms with Crippen LogP contribution < -0.4 is 10.5 Å². The lowest BCUT2D eigenvalue weighted by molar-refractivity contribution is 0.103. The summed E-state index contributed by atoms with van der Waals surface area (Å²) in [4.78, 5) is 21.2. The van der Waals surface area contributed by atoms with E-state index in [1.165, 1.54) is 24.7 Å². The molecule has 1 fully saturated rings. The zero-order valence-electron chi connectivity index (χ0n) is 18.3. The fourth-order valence-corrected chi connectivity index (χ4v) is 4.61. The van der Waals surface area contributed by atoms with E-state index in [1.807, 2.05) is 0 Å². The second kappa shape index (κ2) is 10.4. The highest BCUT2D eigenvalue weighted by Gasteiger charge is 2.36. The number of nitrogens with one attached hydrogen (secondary N) is 1. The molecule has 4 rings (SSSR count). The van der Waals surface area contributed by atoms with Crippen LogP contribution in [0.25, 0.3) is 0 Å². The molecule has 0 spiro atoms. The summed E-state index contributed by atoms with van der Waals surface area (Å²) in [6.07, 6.45) is 4.97. The maximum atomic E-state index is 14.6. The van der Waals surface area contributed by atoms with Crippen molar-refractivity contribution in [2.75, 3.05) is 11.9 Å². The van der Waals surface area contributed by atoms with Crippen LogP contribution in [0.5, 0.6) is 0 Å². The van der Waals surface area contributed by atoms with Crippen LogP contribution in [0.3, 0.4) is 0 Å². The van der Waals surface area contributed by atoms with E-state index in [-0.39, 0.29) is 47.6 Å². The van der Waals surface area contributed by atoms with Crippen LogP contribution in [0.15, 0.2) is 49.2 Å². The van der Waals surface area contributed by atoms with Crippen LogP contribution in [0, 0.1) is 11.7 Å². The SMILES string of the molecule is NS(=O)(=O)OCC1CC(F)C(Nc2ncncc2C(=O)c2ccn(Cc3ccc(F)c(Cl)c3)c2)C1. The van der Waals surface area contributed by atoms with Gasteiger partial charge in [0.1, 0.15) is 24.1 Å². The van der Waals surface area contributed by atoms with Gasteiger partial charge >= 0.3 is 10.3 Å². The number of anilines is 1. The van der Waals surface area contributed by atoms with Gasteiger partial charge in [0.25, 0.3) is 0 Å². The lowest BCUT2D eigenvalue weighted by Gasteiger charge is -2.17. The molecule has 186 valence electrons. The molecule has 1 aromatic carbocycles. The van der Waals surface area contributed by atoms with Crippen LogP contribution in [-0.2, 0) is 21.0 Å². The molecule has 1 aliphatic rings. The predicted octanol–water partition coefficient (Wildman–Crippen LogP) is 3.10. The number of rotatable bonds is 9. The summed E-state index contributed by atoms with van der Waals surface area (Å²) in [5.41, 5.74) is 1.28. The molecule has 1 aliphatic carbocycles. The topological polar surface area (TPSA) is 129 Å². The van der Waals surface area contributed by atoms with Crippen LogP contribution in [-0.4, -0.2) is 47.6 Å². The first-order chi connectivity index (χ1) is 16.6. The molecule has 3 atom stereocenters. The van der Waals surface area contributed by atoms with Crippen molar-refractivity contribution in [3.63, 3.8) is 0 Å². The van der Waals surface area contributed by atoms with E-state index >= 15 is 0 Å². The molecule has 1 saturated carbocycles. The number of carbonyl (C=O) groups excluding carboxylic acids is 1. The number of benzene rings is 1. The standard InChI is InChI=1S/C22H22ClF2N5O4S/c23-17-5-13(1-2-18(17)24)9-30-4-3-15(10-30)21(31)16-8-27-12-28-22(16)29-20-7-14(6-19(20)25)11-34-35(26,32)33/h1-5,8,10,12,14,19-20H,6-7,9,11H2,(H2,26,32,33)(H,27,28,29). The smallest absolute Gasteiger partial charge is 0.333 e. The van der Waals surface area contributed by atoms with Crippen LogP contribution in [0.4, 0.5) is 14.6 Å². The Hall–Kier alpha value is -2.93. The van der Waals surface area contributed by atoms with Crippen molar-refractivity contribution in [2.24, 2.45) is 11.1 Å². The van der Waals surface area contributed by atoms with Crippen molar-refractivity contribution in [1.82, 2.24) is 14.5 Å². The summed E-state index contributed by atoms with van der Waals surface area (Å²) in [5, 5.41) is 7.80. The highest BCUT2D eigenvalue weighted by molar-refractivity contribution is 7.84. The minimum absolute atomic E-state index is 0.0136. The van der Waals surface area contributed by atoms with Gasteiger partial charge in [-0.1, -0.05) is 17.7 Å². The molecule has 0 aliphatic heterocycles. The van der Waals surface area contributed by atoms with Gasteiger partial charge < -0.3 is 9.88 Å². The minimum Gasteiger partial charge on any atom is -0.364 e. The lowest BCUT2D eigenvalue weighted by Crippen LogP contribution is -2.27. The van der Waals surface area contributed by atoms with Gasteiger partial charge in [-0.25, -0.2) is 23.9 Å². The minimum atomic E-state index is -4.11. The molecule has 3 unspecified atom stereocenters. The van der Waals surface area contributed by atoms with Crippen LogP contribution in [0.1, 0.15) is 34.3 Å². The third kappa shape index (κ3) is 6.40. The van der Waals surface area contributed by atoms with E-state index in [4.69, 9.17) is 16.7 Å². The monoisotopic (exact) mass is 525 g/mol. The van der Waals surface area contributed by atoms with E-state index in [0.29, 0.717) is 12.1 Å². The van der Waals surface area contributed by atoms with E-state index < -0.39 is 28.3 Å². The molecule has 3 N–H and O–H groups in total. The Bertz CT molecular complexity index is 1340. The van der Waals surface area contributed by atoms with Gasteiger partial charge in [0, 0.05) is 30.7 Å². The maximum absolute atomic E-state index is 14.6. The number of aromatic nitrogens is 3. The number of hydrogen-bond donors (Lipinski definition) is 2. The summed E-state index contributed by atoms with van der Waals surface area (Å²) in [7, 11) is -4.11. The van der Waals surface area contributed by atoms with Gasteiger partial charge in [-0.15, -0.1) is 0 Å². The van der Waals surface area contributed by atoms with Gasteiger partial charge in [0.05, 0.1) is 23.2 Å². The number of alkyl halides is 1. The Labute approximate surface area is 205 Å². The first-order valence-electron chi connectivity index (χ1n) is 10.6. The van der Waals surface area contributed by atoms with E-state index in [1.54, 1.807) is 29.1 Å². The number of nitrogens with zero attached hydrogens (tertiary/aromatic N) is 3. The predicted molar refractivity (Wildman–Crippen MR) is 124 cm³/mol.